The number of hydrogen-bond acceptors (Lipinski definition) is 2. The van der Waals surface area contributed by atoms with Gasteiger partial charge in [0.15, 0.2) is 0 Å². The fourth-order valence-electron chi connectivity index (χ4n) is 4.06. The number of aryl methyl sites for hydroxylation is 1. The van der Waals surface area contributed by atoms with E-state index in [1.54, 1.807) is 0 Å². The lowest BCUT2D eigenvalue weighted by Crippen LogP contribution is -2.22. The van der Waals surface area contributed by atoms with E-state index in [1.807, 2.05) is 31.3 Å². The zero-order valence-electron chi connectivity index (χ0n) is 11.8. The second kappa shape index (κ2) is 4.99. The Hall–Kier alpha value is -1.31. The van der Waals surface area contributed by atoms with Crippen molar-refractivity contribution in [3.63, 3.8) is 0 Å². The van der Waals surface area contributed by atoms with Gasteiger partial charge in [0.05, 0.1) is 6.04 Å². The van der Waals surface area contributed by atoms with Crippen LogP contribution in [-0.4, -0.2) is 17.4 Å². The van der Waals surface area contributed by atoms with Crippen LogP contribution in [-0.2, 0) is 0 Å². The Labute approximate surface area is 115 Å². The molecule has 2 heteroatoms. The monoisotopic (exact) mass is 257 g/mol. The van der Waals surface area contributed by atoms with Crippen molar-refractivity contribution in [2.75, 3.05) is 0 Å². The molecule has 0 heterocycles. The smallest absolute Gasteiger partial charge is 0.127 e. The molecule has 1 aromatic rings. The SMILES string of the molecule is CCC1CC2CC(N=Cc3cccc(C)c3O)C1C2. The largest absolute Gasteiger partial charge is 0.507 e. The normalized spacial score (nSPS) is 33.4. The number of fused-ring (bicyclic) bond motifs is 2. The maximum absolute atomic E-state index is 10.0. The quantitative estimate of drug-likeness (QED) is 0.817. The van der Waals surface area contributed by atoms with Crippen LogP contribution in [0.2, 0.25) is 0 Å². The molecule has 19 heavy (non-hydrogen) atoms. The standard InChI is InChI=1S/C17H23NO/c1-3-13-7-12-8-15(13)16(9-12)18-10-14-6-4-5-11(2)17(14)19/h4-6,10,12-13,15-16,19H,3,7-9H2,1-2H3. The number of phenolic OH excluding ortho intramolecular Hbond substituents is 1. The van der Waals surface area contributed by atoms with Gasteiger partial charge in [0.25, 0.3) is 0 Å². The molecule has 0 aliphatic heterocycles. The van der Waals surface area contributed by atoms with Gasteiger partial charge in [-0.1, -0.05) is 25.5 Å². The highest BCUT2D eigenvalue weighted by Gasteiger charge is 2.44. The number of phenols is 1. The minimum Gasteiger partial charge on any atom is -0.507 e. The zero-order chi connectivity index (χ0) is 13.4. The van der Waals surface area contributed by atoms with E-state index >= 15 is 0 Å². The number of aromatic hydroxyl groups is 1. The average molecular weight is 257 g/mol. The number of aliphatic imine (C=N–C) groups is 1. The molecule has 1 N–H and O–H groups in total. The number of benzene rings is 1. The summed E-state index contributed by atoms with van der Waals surface area (Å²) in [4.78, 5) is 4.79. The summed E-state index contributed by atoms with van der Waals surface area (Å²) in [6.45, 7) is 4.23. The van der Waals surface area contributed by atoms with E-state index < -0.39 is 0 Å². The van der Waals surface area contributed by atoms with E-state index in [9.17, 15) is 5.11 Å². The second-order valence-electron chi connectivity index (χ2n) is 6.26. The van der Waals surface area contributed by atoms with Gasteiger partial charge >= 0.3 is 0 Å². The van der Waals surface area contributed by atoms with E-state index in [0.717, 1.165) is 28.9 Å². The molecule has 2 saturated carbocycles. The third-order valence-corrected chi connectivity index (χ3v) is 5.11. The number of hydrogen-bond donors (Lipinski definition) is 1. The maximum atomic E-state index is 10.0. The molecular formula is C17H23NO. The van der Waals surface area contributed by atoms with Crippen molar-refractivity contribution < 1.29 is 5.11 Å². The van der Waals surface area contributed by atoms with Crippen LogP contribution in [0.3, 0.4) is 0 Å². The van der Waals surface area contributed by atoms with Crippen molar-refractivity contribution in [1.29, 1.82) is 0 Å². The lowest BCUT2D eigenvalue weighted by atomic mass is 9.84. The fourth-order valence-corrected chi connectivity index (χ4v) is 4.06. The molecule has 0 saturated heterocycles. The second-order valence-corrected chi connectivity index (χ2v) is 6.26. The van der Waals surface area contributed by atoms with Crippen LogP contribution in [0.15, 0.2) is 23.2 Å². The summed E-state index contributed by atoms with van der Waals surface area (Å²) in [5, 5.41) is 10.0. The molecule has 2 bridgehead atoms. The molecule has 2 nitrogen and oxygen atoms in total. The van der Waals surface area contributed by atoms with Crippen LogP contribution in [0.5, 0.6) is 5.75 Å². The Morgan fingerprint density at radius 2 is 2.16 bits per heavy atom. The minimum absolute atomic E-state index is 0.376. The first-order valence-electron chi connectivity index (χ1n) is 7.50. The van der Waals surface area contributed by atoms with Gasteiger partial charge in [0, 0.05) is 11.8 Å². The molecule has 102 valence electrons. The molecule has 0 spiro atoms. The molecule has 0 radical (unpaired) electrons. The van der Waals surface area contributed by atoms with E-state index in [4.69, 9.17) is 4.99 Å². The van der Waals surface area contributed by atoms with E-state index in [1.165, 1.54) is 25.7 Å². The van der Waals surface area contributed by atoms with Gasteiger partial charge in [-0.3, -0.25) is 4.99 Å². The van der Waals surface area contributed by atoms with Gasteiger partial charge in [-0.25, -0.2) is 0 Å². The van der Waals surface area contributed by atoms with Crippen LogP contribution in [0, 0.1) is 24.7 Å². The van der Waals surface area contributed by atoms with E-state index in [-0.39, 0.29) is 0 Å². The molecule has 0 amide bonds. The van der Waals surface area contributed by atoms with Gasteiger partial charge in [0.2, 0.25) is 0 Å². The van der Waals surface area contributed by atoms with Crippen molar-refractivity contribution in [3.05, 3.63) is 29.3 Å². The highest BCUT2D eigenvalue weighted by Crippen LogP contribution is 2.50. The summed E-state index contributed by atoms with van der Waals surface area (Å²) >= 11 is 0. The average Bonchev–Trinajstić information content (AvgIpc) is 2.99. The highest BCUT2D eigenvalue weighted by atomic mass is 16.3. The summed E-state index contributed by atoms with van der Waals surface area (Å²) in [5.74, 6) is 2.95. The number of rotatable bonds is 3. The third-order valence-electron chi connectivity index (χ3n) is 5.11. The van der Waals surface area contributed by atoms with Crippen molar-refractivity contribution in [2.24, 2.45) is 22.7 Å². The summed E-state index contributed by atoms with van der Waals surface area (Å²) < 4.78 is 0. The molecule has 4 atom stereocenters. The van der Waals surface area contributed by atoms with Crippen LogP contribution >= 0.6 is 0 Å². The van der Waals surface area contributed by atoms with Gasteiger partial charge in [0.1, 0.15) is 5.75 Å². The first-order chi connectivity index (χ1) is 9.19. The Balaban J connectivity index is 1.75. The molecule has 3 rings (SSSR count). The lowest BCUT2D eigenvalue weighted by molar-refractivity contribution is 0.290. The molecule has 2 fully saturated rings. The van der Waals surface area contributed by atoms with Gasteiger partial charge in [-0.15, -0.1) is 0 Å². The van der Waals surface area contributed by atoms with Crippen molar-refractivity contribution in [1.82, 2.24) is 0 Å². The molecule has 4 unspecified atom stereocenters. The summed E-state index contributed by atoms with van der Waals surface area (Å²) in [6, 6.07) is 6.34. The Morgan fingerprint density at radius 3 is 2.89 bits per heavy atom. The molecule has 1 aromatic carbocycles. The molecule has 2 aliphatic rings. The number of nitrogens with zero attached hydrogens (tertiary/aromatic N) is 1. The molecule has 0 aromatic heterocycles. The van der Waals surface area contributed by atoms with E-state index in [2.05, 4.69) is 6.92 Å². The van der Waals surface area contributed by atoms with Crippen LogP contribution in [0.4, 0.5) is 0 Å². The summed E-state index contributed by atoms with van der Waals surface area (Å²) in [7, 11) is 0. The zero-order valence-corrected chi connectivity index (χ0v) is 11.8. The minimum atomic E-state index is 0.376. The van der Waals surface area contributed by atoms with Gasteiger partial charge < -0.3 is 5.11 Å². The number of para-hydroxylation sites is 1. The fraction of sp³-hybridized carbons (Fsp3) is 0.588. The van der Waals surface area contributed by atoms with Crippen molar-refractivity contribution >= 4 is 6.21 Å². The summed E-state index contributed by atoms with van der Waals surface area (Å²) in [5.41, 5.74) is 1.78. The van der Waals surface area contributed by atoms with Crippen LogP contribution in [0.1, 0.15) is 43.7 Å². The Bertz CT molecular complexity index is 494. The first-order valence-corrected chi connectivity index (χ1v) is 7.50. The predicted octanol–water partition coefficient (Wildman–Crippen LogP) is 3.94. The predicted molar refractivity (Wildman–Crippen MR) is 78.8 cm³/mol. The molecule has 2 aliphatic carbocycles. The first kappa shape index (κ1) is 12.7. The third kappa shape index (κ3) is 2.29. The van der Waals surface area contributed by atoms with Crippen LogP contribution < -0.4 is 0 Å². The highest BCUT2D eigenvalue weighted by molar-refractivity contribution is 5.84. The Kier molecular flexibility index (Phi) is 3.34. The van der Waals surface area contributed by atoms with Crippen molar-refractivity contribution in [3.8, 4) is 5.75 Å². The topological polar surface area (TPSA) is 32.6 Å². The van der Waals surface area contributed by atoms with E-state index in [0.29, 0.717) is 11.8 Å². The summed E-state index contributed by atoms with van der Waals surface area (Å²) in [6.07, 6.45) is 7.23. The van der Waals surface area contributed by atoms with Crippen LogP contribution in [0.25, 0.3) is 0 Å². The van der Waals surface area contributed by atoms with Crippen molar-refractivity contribution in [2.45, 2.75) is 45.6 Å². The lowest BCUT2D eigenvalue weighted by Gasteiger charge is -2.25. The maximum Gasteiger partial charge on any atom is 0.127 e. The Morgan fingerprint density at radius 1 is 1.32 bits per heavy atom. The van der Waals surface area contributed by atoms with Gasteiger partial charge in [-0.05, 0) is 55.6 Å². The molecular weight excluding hydrogens is 234 g/mol. The van der Waals surface area contributed by atoms with Gasteiger partial charge in [-0.2, -0.15) is 0 Å².